The molecule has 1 unspecified atom stereocenters. The van der Waals surface area contributed by atoms with E-state index in [-0.39, 0.29) is 0 Å². The molecule has 0 aliphatic carbocycles. The zero-order valence-electron chi connectivity index (χ0n) is 10.6. The van der Waals surface area contributed by atoms with Gasteiger partial charge in [-0.1, -0.05) is 31.2 Å². The van der Waals surface area contributed by atoms with Crippen molar-refractivity contribution in [1.82, 2.24) is 0 Å². The Morgan fingerprint density at radius 2 is 2.28 bits per heavy atom. The highest BCUT2D eigenvalue weighted by molar-refractivity contribution is 8.15. The van der Waals surface area contributed by atoms with Crippen LogP contribution in [-0.2, 0) is 18.0 Å². The molecule has 0 spiro atoms. The van der Waals surface area contributed by atoms with Crippen LogP contribution in [0, 0.1) is 0 Å². The molecule has 1 atom stereocenters. The summed E-state index contributed by atoms with van der Waals surface area (Å²) < 4.78 is 5.43. The van der Waals surface area contributed by atoms with Gasteiger partial charge in [0.1, 0.15) is 0 Å². The molecular formula is C14H18N2OS. The number of fused-ring (bicyclic) bond motifs is 1. The first-order valence-corrected chi connectivity index (χ1v) is 7.41. The summed E-state index contributed by atoms with van der Waals surface area (Å²) in [6, 6.07) is 6.44. The number of benzene rings is 1. The predicted octanol–water partition coefficient (Wildman–Crippen LogP) is 3.40. The molecule has 0 radical (unpaired) electrons. The smallest absolute Gasteiger partial charge is 0.161 e. The lowest BCUT2D eigenvalue weighted by Crippen LogP contribution is -2.07. The largest absolute Gasteiger partial charge is 0.372 e. The summed E-state index contributed by atoms with van der Waals surface area (Å²) >= 11 is 1.87. The van der Waals surface area contributed by atoms with Crippen molar-refractivity contribution in [3.63, 3.8) is 0 Å². The second-order valence-electron chi connectivity index (χ2n) is 4.78. The number of thioether (sulfide) groups is 1. The van der Waals surface area contributed by atoms with Gasteiger partial charge in [0.15, 0.2) is 5.17 Å². The van der Waals surface area contributed by atoms with Gasteiger partial charge >= 0.3 is 0 Å². The van der Waals surface area contributed by atoms with Gasteiger partial charge < -0.3 is 10.1 Å². The molecule has 1 aromatic rings. The molecular weight excluding hydrogens is 244 g/mol. The maximum absolute atomic E-state index is 5.43. The van der Waals surface area contributed by atoms with E-state index in [1.165, 1.54) is 24.0 Å². The van der Waals surface area contributed by atoms with Gasteiger partial charge in [-0.3, -0.25) is 4.99 Å². The van der Waals surface area contributed by atoms with Crippen LogP contribution in [0.3, 0.4) is 0 Å². The standard InChI is InChI=1S/C14H18N2OS/c1-2-3-13-7-15-14(18-13)16-12-5-4-10-8-17-9-11(10)6-12/h4-6,13H,2-3,7-9H2,1H3,(H,15,16). The lowest BCUT2D eigenvalue weighted by molar-refractivity contribution is 0.134. The molecule has 1 N–H and O–H groups in total. The van der Waals surface area contributed by atoms with Gasteiger partial charge in [-0.2, -0.15) is 0 Å². The lowest BCUT2D eigenvalue weighted by atomic mass is 10.1. The van der Waals surface area contributed by atoms with Crippen LogP contribution < -0.4 is 5.32 Å². The molecule has 2 heterocycles. The van der Waals surface area contributed by atoms with Crippen LogP contribution in [0.2, 0.25) is 0 Å². The van der Waals surface area contributed by atoms with E-state index >= 15 is 0 Å². The highest BCUT2D eigenvalue weighted by Crippen LogP contribution is 2.28. The highest BCUT2D eigenvalue weighted by atomic mass is 32.2. The van der Waals surface area contributed by atoms with Gasteiger partial charge in [0.05, 0.1) is 19.8 Å². The number of aliphatic imine (C=N–C) groups is 1. The molecule has 4 heteroatoms. The summed E-state index contributed by atoms with van der Waals surface area (Å²) in [5, 5.41) is 5.14. The van der Waals surface area contributed by atoms with E-state index < -0.39 is 0 Å². The SMILES string of the molecule is CCCC1CN=C(Nc2ccc3c(c2)COC3)S1. The third-order valence-corrected chi connectivity index (χ3v) is 4.47. The van der Waals surface area contributed by atoms with E-state index in [0.29, 0.717) is 5.25 Å². The molecule has 1 aromatic carbocycles. The second-order valence-corrected chi connectivity index (χ2v) is 6.06. The Hall–Kier alpha value is -1.00. The van der Waals surface area contributed by atoms with Crippen LogP contribution in [0.4, 0.5) is 5.69 Å². The molecule has 0 aromatic heterocycles. The first-order valence-electron chi connectivity index (χ1n) is 6.53. The first kappa shape index (κ1) is 12.1. The minimum absolute atomic E-state index is 0.662. The van der Waals surface area contributed by atoms with Crippen molar-refractivity contribution in [2.45, 2.75) is 38.2 Å². The summed E-state index contributed by atoms with van der Waals surface area (Å²) in [6.07, 6.45) is 2.48. The second kappa shape index (κ2) is 5.33. The number of hydrogen-bond donors (Lipinski definition) is 1. The quantitative estimate of drug-likeness (QED) is 0.906. The fraction of sp³-hybridized carbons (Fsp3) is 0.500. The molecule has 18 heavy (non-hydrogen) atoms. The summed E-state index contributed by atoms with van der Waals surface area (Å²) in [5.74, 6) is 0. The van der Waals surface area contributed by atoms with Crippen LogP contribution in [0.1, 0.15) is 30.9 Å². The Bertz CT molecular complexity index is 473. The van der Waals surface area contributed by atoms with Crippen molar-refractivity contribution < 1.29 is 4.74 Å². The fourth-order valence-electron chi connectivity index (χ4n) is 2.33. The monoisotopic (exact) mass is 262 g/mol. The zero-order valence-corrected chi connectivity index (χ0v) is 11.4. The number of rotatable bonds is 3. The molecule has 0 bridgehead atoms. The lowest BCUT2D eigenvalue weighted by Gasteiger charge is -2.09. The van der Waals surface area contributed by atoms with Crippen LogP contribution in [-0.4, -0.2) is 17.0 Å². The van der Waals surface area contributed by atoms with Crippen molar-refractivity contribution in [2.24, 2.45) is 4.99 Å². The van der Waals surface area contributed by atoms with Crippen LogP contribution in [0.15, 0.2) is 23.2 Å². The van der Waals surface area contributed by atoms with E-state index in [9.17, 15) is 0 Å². The maximum Gasteiger partial charge on any atom is 0.161 e. The molecule has 0 saturated carbocycles. The van der Waals surface area contributed by atoms with Gasteiger partial charge in [0.25, 0.3) is 0 Å². The van der Waals surface area contributed by atoms with Crippen LogP contribution in [0.25, 0.3) is 0 Å². The average molecular weight is 262 g/mol. The molecule has 0 amide bonds. The zero-order chi connectivity index (χ0) is 12.4. The minimum Gasteiger partial charge on any atom is -0.372 e. The summed E-state index contributed by atoms with van der Waals surface area (Å²) in [7, 11) is 0. The number of ether oxygens (including phenoxy) is 1. The van der Waals surface area contributed by atoms with E-state index in [1.54, 1.807) is 0 Å². The van der Waals surface area contributed by atoms with E-state index in [2.05, 4.69) is 35.4 Å². The van der Waals surface area contributed by atoms with Gasteiger partial charge in [0.2, 0.25) is 0 Å². The third-order valence-electron chi connectivity index (χ3n) is 3.30. The van der Waals surface area contributed by atoms with Crippen molar-refractivity contribution in [1.29, 1.82) is 0 Å². The molecule has 0 fully saturated rings. The van der Waals surface area contributed by atoms with Crippen LogP contribution in [0.5, 0.6) is 0 Å². The fourth-order valence-corrected chi connectivity index (χ4v) is 3.48. The normalized spacial score (nSPS) is 21.8. The summed E-state index contributed by atoms with van der Waals surface area (Å²) in [6.45, 7) is 4.67. The minimum atomic E-state index is 0.662. The Morgan fingerprint density at radius 3 is 3.17 bits per heavy atom. The van der Waals surface area contributed by atoms with E-state index in [0.717, 1.165) is 30.6 Å². The topological polar surface area (TPSA) is 33.6 Å². The average Bonchev–Trinajstić information content (AvgIpc) is 2.98. The van der Waals surface area contributed by atoms with Gasteiger partial charge in [-0.25, -0.2) is 0 Å². The number of hydrogen-bond acceptors (Lipinski definition) is 4. The Labute approximate surface area is 112 Å². The Kier molecular flexibility index (Phi) is 3.57. The number of nitrogens with one attached hydrogen (secondary N) is 1. The Morgan fingerprint density at radius 1 is 1.39 bits per heavy atom. The van der Waals surface area contributed by atoms with Crippen molar-refractivity contribution >= 4 is 22.6 Å². The predicted molar refractivity (Wildman–Crippen MR) is 77.1 cm³/mol. The van der Waals surface area contributed by atoms with Crippen molar-refractivity contribution in [3.05, 3.63) is 29.3 Å². The van der Waals surface area contributed by atoms with Crippen molar-refractivity contribution in [3.8, 4) is 0 Å². The summed E-state index contributed by atoms with van der Waals surface area (Å²) in [5.41, 5.74) is 3.74. The van der Waals surface area contributed by atoms with Crippen LogP contribution >= 0.6 is 11.8 Å². The van der Waals surface area contributed by atoms with E-state index in [1.807, 2.05) is 11.8 Å². The number of amidine groups is 1. The van der Waals surface area contributed by atoms with E-state index in [4.69, 9.17) is 4.74 Å². The van der Waals surface area contributed by atoms with Gasteiger partial charge in [-0.05, 0) is 29.7 Å². The highest BCUT2D eigenvalue weighted by Gasteiger charge is 2.19. The third kappa shape index (κ3) is 2.54. The Balaban J connectivity index is 1.64. The number of anilines is 1. The summed E-state index contributed by atoms with van der Waals surface area (Å²) in [4.78, 5) is 4.56. The van der Waals surface area contributed by atoms with Crippen molar-refractivity contribution in [2.75, 3.05) is 11.9 Å². The van der Waals surface area contributed by atoms with Gasteiger partial charge in [0, 0.05) is 10.9 Å². The first-order chi connectivity index (χ1) is 8.85. The number of nitrogens with zero attached hydrogens (tertiary/aromatic N) is 1. The maximum atomic E-state index is 5.43. The van der Waals surface area contributed by atoms with Gasteiger partial charge in [-0.15, -0.1) is 0 Å². The molecule has 0 saturated heterocycles. The molecule has 3 rings (SSSR count). The molecule has 3 nitrogen and oxygen atoms in total. The molecule has 96 valence electrons. The molecule has 2 aliphatic rings. The molecule has 2 aliphatic heterocycles.